The Balaban J connectivity index is 2.19. The number of hydrogen-bond acceptors (Lipinski definition) is 4. The van der Waals surface area contributed by atoms with Crippen LogP contribution in [0.2, 0.25) is 0 Å². The number of carbonyl (C=O) groups excluding carboxylic acids is 1. The van der Waals surface area contributed by atoms with E-state index in [4.69, 9.17) is 9.84 Å². The summed E-state index contributed by atoms with van der Waals surface area (Å²) in [5, 5.41) is 11.8. The maximum Gasteiger partial charge on any atom is 0.326 e. The number of nitrogens with one attached hydrogen (secondary N) is 1. The van der Waals surface area contributed by atoms with E-state index in [2.05, 4.69) is 10.2 Å². The molecule has 116 valence electrons. The zero-order valence-corrected chi connectivity index (χ0v) is 12.3. The standard InChI is InChI=1S/C13H25N3O4/c1-3-11(12(17)18)15(2)13(19)14-5-4-6-16-7-9-20-10-8-16/h11H,3-10H2,1-2H3,(H,14,19)(H,17,18). The topological polar surface area (TPSA) is 82.1 Å². The minimum atomic E-state index is -0.974. The fourth-order valence-corrected chi connectivity index (χ4v) is 2.20. The van der Waals surface area contributed by atoms with Crippen LogP contribution in [-0.4, -0.2) is 79.4 Å². The first-order valence-corrected chi connectivity index (χ1v) is 7.09. The Hall–Kier alpha value is -1.34. The molecule has 0 bridgehead atoms. The number of aliphatic carboxylic acids is 1. The van der Waals surface area contributed by atoms with Crippen molar-refractivity contribution in [3.05, 3.63) is 0 Å². The fourth-order valence-electron chi connectivity index (χ4n) is 2.20. The Bertz CT molecular complexity index is 319. The molecule has 0 radical (unpaired) electrons. The van der Waals surface area contributed by atoms with Gasteiger partial charge < -0.3 is 20.1 Å². The Labute approximate surface area is 119 Å². The van der Waals surface area contributed by atoms with Gasteiger partial charge in [-0.2, -0.15) is 0 Å². The molecule has 0 aliphatic carbocycles. The molecule has 1 fully saturated rings. The maximum atomic E-state index is 11.8. The maximum absolute atomic E-state index is 11.8. The fraction of sp³-hybridized carbons (Fsp3) is 0.846. The smallest absolute Gasteiger partial charge is 0.326 e. The number of hydrogen-bond donors (Lipinski definition) is 2. The number of rotatable bonds is 7. The van der Waals surface area contributed by atoms with E-state index in [1.54, 1.807) is 6.92 Å². The highest BCUT2D eigenvalue weighted by Crippen LogP contribution is 2.02. The second-order valence-corrected chi connectivity index (χ2v) is 4.91. The summed E-state index contributed by atoms with van der Waals surface area (Å²) in [6, 6.07) is -1.10. The SMILES string of the molecule is CCC(C(=O)O)N(C)C(=O)NCCCN1CCOCC1. The third-order valence-electron chi connectivity index (χ3n) is 3.49. The molecule has 0 aromatic rings. The minimum absolute atomic E-state index is 0.332. The lowest BCUT2D eigenvalue weighted by Gasteiger charge is -2.27. The van der Waals surface area contributed by atoms with E-state index in [1.807, 2.05) is 0 Å². The van der Waals surface area contributed by atoms with Gasteiger partial charge in [0.25, 0.3) is 0 Å². The molecule has 1 saturated heterocycles. The summed E-state index contributed by atoms with van der Waals surface area (Å²) in [6.07, 6.45) is 1.25. The average Bonchev–Trinajstić information content (AvgIpc) is 2.44. The highest BCUT2D eigenvalue weighted by Gasteiger charge is 2.24. The molecule has 1 aliphatic heterocycles. The van der Waals surface area contributed by atoms with Gasteiger partial charge in [-0.25, -0.2) is 9.59 Å². The van der Waals surface area contributed by atoms with Gasteiger partial charge in [0.05, 0.1) is 13.2 Å². The van der Waals surface area contributed by atoms with Gasteiger partial charge in [0, 0.05) is 26.7 Å². The Kier molecular flexibility index (Phi) is 7.32. The molecule has 20 heavy (non-hydrogen) atoms. The van der Waals surface area contributed by atoms with Gasteiger partial charge in [-0.3, -0.25) is 4.90 Å². The molecule has 0 spiro atoms. The van der Waals surface area contributed by atoms with Gasteiger partial charge in [-0.1, -0.05) is 6.92 Å². The number of urea groups is 1. The molecule has 2 N–H and O–H groups in total. The zero-order chi connectivity index (χ0) is 15.0. The average molecular weight is 287 g/mol. The van der Waals surface area contributed by atoms with Crippen molar-refractivity contribution < 1.29 is 19.4 Å². The van der Waals surface area contributed by atoms with Gasteiger partial charge in [-0.05, 0) is 19.4 Å². The molecule has 7 heteroatoms. The van der Waals surface area contributed by atoms with E-state index in [9.17, 15) is 9.59 Å². The van der Waals surface area contributed by atoms with E-state index < -0.39 is 12.0 Å². The summed E-state index contributed by atoms with van der Waals surface area (Å²) in [4.78, 5) is 26.3. The third kappa shape index (κ3) is 5.34. The highest BCUT2D eigenvalue weighted by molar-refractivity contribution is 5.82. The molecule has 1 aliphatic rings. The predicted molar refractivity (Wildman–Crippen MR) is 74.8 cm³/mol. The van der Waals surface area contributed by atoms with Crippen LogP contribution in [0.1, 0.15) is 19.8 Å². The van der Waals surface area contributed by atoms with Crippen molar-refractivity contribution in [3.63, 3.8) is 0 Å². The molecule has 1 heterocycles. The first-order valence-electron chi connectivity index (χ1n) is 7.09. The molecule has 1 atom stereocenters. The molecule has 0 aromatic heterocycles. The van der Waals surface area contributed by atoms with Crippen molar-refractivity contribution in [2.24, 2.45) is 0 Å². The second-order valence-electron chi connectivity index (χ2n) is 4.91. The van der Waals surface area contributed by atoms with E-state index in [1.165, 1.54) is 11.9 Å². The molecule has 7 nitrogen and oxygen atoms in total. The first kappa shape index (κ1) is 16.7. The van der Waals surface area contributed by atoms with Crippen LogP contribution in [0, 0.1) is 0 Å². The van der Waals surface area contributed by atoms with Crippen molar-refractivity contribution in [2.45, 2.75) is 25.8 Å². The number of carboxylic acid groups (broad SMARTS) is 1. The van der Waals surface area contributed by atoms with Gasteiger partial charge >= 0.3 is 12.0 Å². The van der Waals surface area contributed by atoms with Gasteiger partial charge in [0.2, 0.25) is 0 Å². The number of carbonyl (C=O) groups is 2. The van der Waals surface area contributed by atoms with Crippen molar-refractivity contribution in [1.29, 1.82) is 0 Å². The highest BCUT2D eigenvalue weighted by atomic mass is 16.5. The Morgan fingerprint density at radius 2 is 2.05 bits per heavy atom. The molecule has 1 rings (SSSR count). The number of carboxylic acids is 1. The van der Waals surface area contributed by atoms with Gasteiger partial charge in [0.1, 0.15) is 6.04 Å². The lowest BCUT2D eigenvalue weighted by molar-refractivity contribution is -0.141. The molecule has 2 amide bonds. The Morgan fingerprint density at radius 3 is 2.60 bits per heavy atom. The summed E-state index contributed by atoms with van der Waals surface area (Å²) in [5.41, 5.74) is 0. The van der Waals surface area contributed by atoms with E-state index in [0.717, 1.165) is 39.3 Å². The van der Waals surface area contributed by atoms with Crippen molar-refractivity contribution in [2.75, 3.05) is 46.4 Å². The van der Waals surface area contributed by atoms with Crippen LogP contribution in [-0.2, 0) is 9.53 Å². The summed E-state index contributed by atoms with van der Waals surface area (Å²) in [6.45, 7) is 6.63. The second kappa shape index (κ2) is 8.76. The van der Waals surface area contributed by atoms with Crippen LogP contribution in [0.15, 0.2) is 0 Å². The number of nitrogens with zero attached hydrogens (tertiary/aromatic N) is 2. The van der Waals surface area contributed by atoms with Crippen molar-refractivity contribution in [3.8, 4) is 0 Å². The van der Waals surface area contributed by atoms with Crippen LogP contribution in [0.3, 0.4) is 0 Å². The first-order chi connectivity index (χ1) is 9.56. The summed E-state index contributed by atoms with van der Waals surface area (Å²) < 4.78 is 5.26. The molecule has 0 saturated carbocycles. The normalized spacial score (nSPS) is 17.5. The van der Waals surface area contributed by atoms with E-state index in [-0.39, 0.29) is 6.03 Å². The number of morpholine rings is 1. The molecular formula is C13H25N3O4. The summed E-state index contributed by atoms with van der Waals surface area (Å²) in [7, 11) is 1.51. The van der Waals surface area contributed by atoms with E-state index in [0.29, 0.717) is 13.0 Å². The zero-order valence-electron chi connectivity index (χ0n) is 12.3. The van der Waals surface area contributed by atoms with Gasteiger partial charge in [0.15, 0.2) is 0 Å². The van der Waals surface area contributed by atoms with E-state index >= 15 is 0 Å². The lowest BCUT2D eigenvalue weighted by atomic mass is 10.2. The van der Waals surface area contributed by atoms with Crippen molar-refractivity contribution >= 4 is 12.0 Å². The summed E-state index contributed by atoms with van der Waals surface area (Å²) in [5.74, 6) is -0.974. The Morgan fingerprint density at radius 1 is 1.40 bits per heavy atom. The van der Waals surface area contributed by atoms with Crippen LogP contribution >= 0.6 is 0 Å². The summed E-state index contributed by atoms with van der Waals surface area (Å²) >= 11 is 0. The number of likely N-dealkylation sites (N-methyl/N-ethyl adjacent to an activating group) is 1. The quantitative estimate of drug-likeness (QED) is 0.654. The number of amides is 2. The lowest BCUT2D eigenvalue weighted by Crippen LogP contribution is -2.47. The van der Waals surface area contributed by atoms with Crippen LogP contribution in [0.25, 0.3) is 0 Å². The van der Waals surface area contributed by atoms with Crippen molar-refractivity contribution in [1.82, 2.24) is 15.1 Å². The molecule has 0 aromatic carbocycles. The molecule has 1 unspecified atom stereocenters. The minimum Gasteiger partial charge on any atom is -0.480 e. The van der Waals surface area contributed by atoms with Crippen LogP contribution in [0.5, 0.6) is 0 Å². The van der Waals surface area contributed by atoms with Crippen LogP contribution in [0.4, 0.5) is 4.79 Å². The van der Waals surface area contributed by atoms with Crippen LogP contribution < -0.4 is 5.32 Å². The predicted octanol–water partition coefficient (Wildman–Crippen LogP) is 0.213. The number of ether oxygens (including phenoxy) is 1. The molecular weight excluding hydrogens is 262 g/mol. The monoisotopic (exact) mass is 287 g/mol. The largest absolute Gasteiger partial charge is 0.480 e. The third-order valence-corrected chi connectivity index (χ3v) is 3.49. The van der Waals surface area contributed by atoms with Gasteiger partial charge in [-0.15, -0.1) is 0 Å².